The Kier molecular flexibility index (Phi) is 11.5. The van der Waals surface area contributed by atoms with Gasteiger partial charge in [0.05, 0.1) is 46.1 Å². The zero-order chi connectivity index (χ0) is 43.1. The average Bonchev–Trinajstić information content (AvgIpc) is 3.61. The quantitative estimate of drug-likeness (QED) is 0.113. The lowest BCUT2D eigenvalue weighted by Crippen LogP contribution is -2.35. The Morgan fingerprint density at radius 3 is 2.26 bits per heavy atom. The summed E-state index contributed by atoms with van der Waals surface area (Å²) in [5.41, 5.74) is 3.39. The number of amides is 1. The molecule has 0 spiro atoms. The van der Waals surface area contributed by atoms with Gasteiger partial charge in [0.1, 0.15) is 28.6 Å². The van der Waals surface area contributed by atoms with E-state index >= 15 is 8.42 Å². The molecule has 5 aromatic rings. The molecule has 324 valence electrons. The molecule has 1 saturated heterocycles. The maximum atomic E-state index is 15.3. The highest BCUT2D eigenvalue weighted by Gasteiger charge is 2.37. The molecule has 1 saturated carbocycles. The van der Waals surface area contributed by atoms with Crippen molar-refractivity contribution < 1.29 is 46.2 Å². The first-order valence-electron chi connectivity index (χ1n) is 20.3. The van der Waals surface area contributed by atoms with E-state index in [-0.39, 0.29) is 41.5 Å². The van der Waals surface area contributed by atoms with E-state index in [2.05, 4.69) is 16.5 Å². The maximum Gasteiger partial charge on any atom is 0.410 e. The number of aromatic nitrogens is 3. The molecule has 17 heteroatoms. The van der Waals surface area contributed by atoms with Gasteiger partial charge in [0.15, 0.2) is 28.3 Å². The third-order valence-corrected chi connectivity index (χ3v) is 12.7. The number of methoxy groups -OCH3 is 4. The first-order chi connectivity index (χ1) is 29.3. The largest absolute Gasteiger partial charge is 0.497 e. The molecular formula is C44H52N6O10S. The van der Waals surface area contributed by atoms with Gasteiger partial charge in [-0.05, 0) is 99.9 Å². The van der Waals surface area contributed by atoms with Gasteiger partial charge in [-0.3, -0.25) is 0 Å². The van der Waals surface area contributed by atoms with Gasteiger partial charge in [-0.15, -0.1) is 0 Å². The van der Waals surface area contributed by atoms with Crippen LogP contribution in [0, 0.1) is 0 Å². The molecule has 4 heterocycles. The Hall–Kier alpha value is -5.94. The lowest BCUT2D eigenvalue weighted by Gasteiger charge is -2.25. The number of hydrogen-bond donors (Lipinski definition) is 1. The number of sulfonamides is 1. The number of nitrogens with one attached hydrogen (secondary N) is 1. The van der Waals surface area contributed by atoms with Crippen LogP contribution in [0.5, 0.6) is 23.0 Å². The van der Waals surface area contributed by atoms with Crippen molar-refractivity contribution in [3.63, 3.8) is 0 Å². The third kappa shape index (κ3) is 8.66. The molecule has 3 aromatic carbocycles. The Morgan fingerprint density at radius 1 is 0.918 bits per heavy atom. The Labute approximate surface area is 355 Å². The molecule has 1 atom stereocenters. The molecule has 1 amide bonds. The summed E-state index contributed by atoms with van der Waals surface area (Å²) in [5.74, 6) is 2.19. The van der Waals surface area contributed by atoms with Gasteiger partial charge in [0.25, 0.3) is 10.0 Å². The minimum atomic E-state index is -4.55. The van der Waals surface area contributed by atoms with E-state index in [0.717, 1.165) is 43.4 Å². The summed E-state index contributed by atoms with van der Waals surface area (Å²) in [6.45, 7) is 6.56. The number of rotatable bonds is 14. The molecule has 1 aliphatic carbocycles. The Morgan fingerprint density at radius 2 is 1.64 bits per heavy atom. The summed E-state index contributed by atoms with van der Waals surface area (Å²) in [6, 6.07) is 15.8. The van der Waals surface area contributed by atoms with Crippen LogP contribution in [-0.4, -0.2) is 88.1 Å². The van der Waals surface area contributed by atoms with Crippen molar-refractivity contribution in [2.45, 2.75) is 82.1 Å². The number of nitrogens with zero attached hydrogens (tertiary/aromatic N) is 5. The van der Waals surface area contributed by atoms with Crippen LogP contribution in [-0.2, 0) is 26.0 Å². The van der Waals surface area contributed by atoms with E-state index in [1.807, 2.05) is 31.5 Å². The third-order valence-electron chi connectivity index (χ3n) is 10.9. The van der Waals surface area contributed by atoms with Crippen LogP contribution >= 0.6 is 0 Å². The fraction of sp³-hybridized carbons (Fsp3) is 0.432. The summed E-state index contributed by atoms with van der Waals surface area (Å²) in [6.07, 6.45) is 6.58. The lowest BCUT2D eigenvalue weighted by molar-refractivity contribution is -0.0409. The highest BCUT2D eigenvalue weighted by Crippen LogP contribution is 2.46. The van der Waals surface area contributed by atoms with Crippen LogP contribution in [0.1, 0.15) is 81.8 Å². The molecule has 1 N–H and O–H groups in total. The van der Waals surface area contributed by atoms with Crippen molar-refractivity contribution in [1.82, 2.24) is 19.8 Å². The summed E-state index contributed by atoms with van der Waals surface area (Å²) in [5, 5.41) is 13.1. The van der Waals surface area contributed by atoms with E-state index in [9.17, 15) is 4.79 Å². The summed E-state index contributed by atoms with van der Waals surface area (Å²) in [4.78, 5) is 14.2. The SMILES string of the molecule is COc1ccc(CN(c2noc3cc(Nc4cc(C5CC5)n(C5CCCCO5)n4)c(OC)cc23)S(=O)(=O)c2c(OC)cc(C3=CCN(C(=O)OC(C)(C)C)C3)cc2OC)cc1. The van der Waals surface area contributed by atoms with Crippen molar-refractivity contribution in [3.8, 4) is 23.0 Å². The number of fused-ring (bicyclic) bond motifs is 1. The fourth-order valence-electron chi connectivity index (χ4n) is 7.67. The smallest absolute Gasteiger partial charge is 0.410 e. The molecule has 0 radical (unpaired) electrons. The Balaban J connectivity index is 1.16. The fourth-order valence-corrected chi connectivity index (χ4v) is 9.36. The van der Waals surface area contributed by atoms with Gasteiger partial charge in [-0.25, -0.2) is 22.2 Å². The van der Waals surface area contributed by atoms with Crippen LogP contribution in [0.3, 0.4) is 0 Å². The maximum absolute atomic E-state index is 15.3. The second-order valence-electron chi connectivity index (χ2n) is 16.3. The second kappa shape index (κ2) is 16.8. The van der Waals surface area contributed by atoms with E-state index in [0.29, 0.717) is 64.2 Å². The van der Waals surface area contributed by atoms with Crippen LogP contribution in [0.4, 0.5) is 22.1 Å². The van der Waals surface area contributed by atoms with Crippen molar-refractivity contribution in [2.75, 3.05) is 57.8 Å². The highest BCUT2D eigenvalue weighted by molar-refractivity contribution is 7.93. The van der Waals surface area contributed by atoms with Gasteiger partial charge in [0.2, 0.25) is 0 Å². The predicted octanol–water partition coefficient (Wildman–Crippen LogP) is 8.41. The van der Waals surface area contributed by atoms with Crippen molar-refractivity contribution in [2.24, 2.45) is 0 Å². The normalized spacial score (nSPS) is 16.9. The molecule has 0 bridgehead atoms. The standard InChI is InChI=1S/C44H52N6O10S/c1-44(2,3)59-43(51)48-18-17-29(26-48)30-20-37(56-6)41(38(21-30)57-7)61(52,53)49(25-27-11-15-31(54-4)16-12-27)42-32-22-36(55-5)33(23-35(32)60-47-42)45-39-24-34(28-13-14-28)50(46-39)40-10-8-9-19-58-40/h11-12,15-17,20-24,28,40H,8-10,13-14,18-19,25-26H2,1-7H3,(H,45,46). The van der Waals surface area contributed by atoms with Crippen LogP contribution in [0.2, 0.25) is 0 Å². The molecule has 2 fully saturated rings. The van der Waals surface area contributed by atoms with E-state index in [1.54, 1.807) is 67.7 Å². The average molecular weight is 857 g/mol. The van der Waals surface area contributed by atoms with Gasteiger partial charge in [0, 0.05) is 43.4 Å². The van der Waals surface area contributed by atoms with Crippen LogP contribution in [0.15, 0.2) is 70.1 Å². The monoisotopic (exact) mass is 856 g/mol. The van der Waals surface area contributed by atoms with Crippen molar-refractivity contribution in [3.05, 3.63) is 77.5 Å². The summed E-state index contributed by atoms with van der Waals surface area (Å²) in [7, 11) is 1.34. The highest BCUT2D eigenvalue weighted by atomic mass is 32.2. The molecule has 3 aliphatic rings. The molecule has 2 aliphatic heterocycles. The number of carbonyl (C=O) groups is 1. The van der Waals surface area contributed by atoms with Gasteiger partial charge in [-0.2, -0.15) is 5.10 Å². The topological polar surface area (TPSA) is 169 Å². The van der Waals surface area contributed by atoms with Crippen LogP contribution < -0.4 is 28.6 Å². The predicted molar refractivity (Wildman–Crippen MR) is 229 cm³/mol. The first kappa shape index (κ1) is 41.8. The van der Waals surface area contributed by atoms with Crippen molar-refractivity contribution in [1.29, 1.82) is 0 Å². The lowest BCUT2D eigenvalue weighted by atomic mass is 10.1. The second-order valence-corrected chi connectivity index (χ2v) is 18.1. The molecule has 61 heavy (non-hydrogen) atoms. The van der Waals surface area contributed by atoms with Crippen LogP contribution in [0.25, 0.3) is 16.5 Å². The van der Waals surface area contributed by atoms with E-state index < -0.39 is 21.7 Å². The van der Waals surface area contributed by atoms with Crippen molar-refractivity contribution >= 4 is 50.0 Å². The van der Waals surface area contributed by atoms with Gasteiger partial charge < -0.3 is 43.2 Å². The van der Waals surface area contributed by atoms with E-state index in [4.69, 9.17) is 38.0 Å². The zero-order valence-corrected chi connectivity index (χ0v) is 36.3. The number of carbonyl (C=O) groups excluding carboxylic acids is 1. The van der Waals surface area contributed by atoms with E-state index in [1.165, 1.54) is 18.5 Å². The minimum Gasteiger partial charge on any atom is -0.497 e. The zero-order valence-electron chi connectivity index (χ0n) is 35.5. The molecule has 16 nitrogen and oxygen atoms in total. The summed E-state index contributed by atoms with van der Waals surface area (Å²) >= 11 is 0. The Bertz CT molecular complexity index is 2530. The van der Waals surface area contributed by atoms with Gasteiger partial charge in [-0.1, -0.05) is 23.4 Å². The molecule has 2 aromatic heterocycles. The first-order valence-corrected chi connectivity index (χ1v) is 21.8. The van der Waals surface area contributed by atoms with Gasteiger partial charge >= 0.3 is 6.09 Å². The molecular weight excluding hydrogens is 805 g/mol. The molecule has 1 unspecified atom stereocenters. The number of ether oxygens (including phenoxy) is 6. The number of hydrogen-bond acceptors (Lipinski definition) is 13. The number of anilines is 3. The minimum absolute atomic E-state index is 0.0186. The summed E-state index contributed by atoms with van der Waals surface area (Å²) < 4.78 is 74.2. The number of benzene rings is 3. The molecule has 8 rings (SSSR count).